The van der Waals surface area contributed by atoms with Gasteiger partial charge in [0.15, 0.2) is 0 Å². The minimum Gasteiger partial charge on any atom is -0.368 e. The van der Waals surface area contributed by atoms with Gasteiger partial charge >= 0.3 is 0 Å². The molecule has 0 heterocycles. The molecule has 0 saturated heterocycles. The zero-order valence-electron chi connectivity index (χ0n) is 12.1. The van der Waals surface area contributed by atoms with Crippen molar-refractivity contribution < 1.29 is 9.59 Å². The van der Waals surface area contributed by atoms with Crippen molar-refractivity contribution in [2.24, 2.45) is 5.73 Å². The number of rotatable bonds is 5. The third kappa shape index (κ3) is 4.56. The standard InChI is InChI=1S/C17H14ClN3O2/c18-14-7-3-11(4-8-14)9-15(16(20)22)21-17(23)13-5-1-12(10-19)2-6-13/h1-8,15H,9H2,(H2,20,22)(H,21,23)/t15-/m1/s1. The van der Waals surface area contributed by atoms with Crippen LogP contribution in [-0.4, -0.2) is 17.9 Å². The fourth-order valence-electron chi connectivity index (χ4n) is 2.02. The SMILES string of the molecule is N#Cc1ccc(C(=O)N[C@H](Cc2ccc(Cl)cc2)C(N)=O)cc1. The second-order valence-electron chi connectivity index (χ2n) is 4.95. The molecule has 0 aromatic heterocycles. The number of primary amides is 1. The van der Waals surface area contributed by atoms with Gasteiger partial charge in [-0.3, -0.25) is 9.59 Å². The van der Waals surface area contributed by atoms with Crippen molar-refractivity contribution in [3.63, 3.8) is 0 Å². The number of nitrogens with one attached hydrogen (secondary N) is 1. The Balaban J connectivity index is 2.09. The fraction of sp³-hybridized carbons (Fsp3) is 0.118. The van der Waals surface area contributed by atoms with Crippen molar-refractivity contribution in [2.75, 3.05) is 0 Å². The Labute approximate surface area is 138 Å². The number of nitrogens with zero attached hydrogens (tertiary/aromatic N) is 1. The zero-order valence-corrected chi connectivity index (χ0v) is 12.9. The number of carbonyl (C=O) groups is 2. The number of nitriles is 1. The first-order valence-corrected chi connectivity index (χ1v) is 7.22. The molecule has 0 fully saturated rings. The van der Waals surface area contributed by atoms with E-state index in [1.165, 1.54) is 24.3 Å². The van der Waals surface area contributed by atoms with Crippen molar-refractivity contribution in [1.29, 1.82) is 5.26 Å². The molecular weight excluding hydrogens is 314 g/mol. The summed E-state index contributed by atoms with van der Waals surface area (Å²) in [5.74, 6) is -1.05. The molecule has 0 saturated carbocycles. The van der Waals surface area contributed by atoms with E-state index in [0.717, 1.165) is 5.56 Å². The Hall–Kier alpha value is -2.84. The molecule has 0 bridgehead atoms. The topological polar surface area (TPSA) is 96.0 Å². The lowest BCUT2D eigenvalue weighted by atomic mass is 10.0. The van der Waals surface area contributed by atoms with Gasteiger partial charge in [-0.1, -0.05) is 23.7 Å². The molecule has 0 unspecified atom stereocenters. The molecule has 0 aliphatic carbocycles. The number of amides is 2. The summed E-state index contributed by atoms with van der Waals surface area (Å²) in [7, 11) is 0. The maximum absolute atomic E-state index is 12.2. The van der Waals surface area contributed by atoms with Crippen molar-refractivity contribution >= 4 is 23.4 Å². The second kappa shape index (κ2) is 7.43. The Morgan fingerprint density at radius 3 is 2.26 bits per heavy atom. The summed E-state index contributed by atoms with van der Waals surface area (Å²) in [5.41, 5.74) is 7.00. The molecule has 2 aromatic carbocycles. The van der Waals surface area contributed by atoms with Crippen LogP contribution in [0.2, 0.25) is 5.02 Å². The van der Waals surface area contributed by atoms with E-state index < -0.39 is 17.9 Å². The van der Waals surface area contributed by atoms with Crippen LogP contribution in [0.5, 0.6) is 0 Å². The van der Waals surface area contributed by atoms with E-state index in [1.807, 2.05) is 6.07 Å². The number of hydrogen-bond acceptors (Lipinski definition) is 3. The average molecular weight is 328 g/mol. The van der Waals surface area contributed by atoms with Crippen LogP contribution in [0.1, 0.15) is 21.5 Å². The van der Waals surface area contributed by atoms with Crippen LogP contribution in [0.25, 0.3) is 0 Å². The molecule has 2 rings (SSSR count). The van der Waals surface area contributed by atoms with E-state index in [9.17, 15) is 9.59 Å². The van der Waals surface area contributed by atoms with Crippen LogP contribution in [-0.2, 0) is 11.2 Å². The molecule has 0 aliphatic rings. The lowest BCUT2D eigenvalue weighted by molar-refractivity contribution is -0.119. The van der Waals surface area contributed by atoms with Gasteiger partial charge in [-0.25, -0.2) is 0 Å². The molecule has 6 heteroatoms. The second-order valence-corrected chi connectivity index (χ2v) is 5.38. The lowest BCUT2D eigenvalue weighted by Crippen LogP contribution is -2.45. The van der Waals surface area contributed by atoms with Gasteiger partial charge in [0, 0.05) is 17.0 Å². The third-order valence-electron chi connectivity index (χ3n) is 3.28. The van der Waals surface area contributed by atoms with Gasteiger partial charge in [-0.2, -0.15) is 5.26 Å². The zero-order chi connectivity index (χ0) is 16.8. The maximum atomic E-state index is 12.2. The number of hydrogen-bond donors (Lipinski definition) is 2. The van der Waals surface area contributed by atoms with E-state index in [4.69, 9.17) is 22.6 Å². The van der Waals surface area contributed by atoms with Crippen LogP contribution in [0.4, 0.5) is 0 Å². The first kappa shape index (κ1) is 16.5. The molecule has 0 spiro atoms. The number of nitrogens with two attached hydrogens (primary N) is 1. The monoisotopic (exact) mass is 327 g/mol. The summed E-state index contributed by atoms with van der Waals surface area (Å²) >= 11 is 5.82. The van der Waals surface area contributed by atoms with E-state index in [2.05, 4.69) is 5.32 Å². The minimum atomic E-state index is -0.834. The highest BCUT2D eigenvalue weighted by Crippen LogP contribution is 2.11. The lowest BCUT2D eigenvalue weighted by Gasteiger charge is -2.15. The fourth-order valence-corrected chi connectivity index (χ4v) is 2.14. The highest BCUT2D eigenvalue weighted by Gasteiger charge is 2.19. The van der Waals surface area contributed by atoms with Crippen molar-refractivity contribution in [3.8, 4) is 6.07 Å². The molecular formula is C17H14ClN3O2. The average Bonchev–Trinajstić information content (AvgIpc) is 2.56. The van der Waals surface area contributed by atoms with Gasteiger partial charge in [-0.05, 0) is 42.0 Å². The van der Waals surface area contributed by atoms with Gasteiger partial charge in [0.2, 0.25) is 5.91 Å². The Morgan fingerprint density at radius 2 is 1.74 bits per heavy atom. The number of carbonyl (C=O) groups excluding carboxylic acids is 2. The summed E-state index contributed by atoms with van der Waals surface area (Å²) in [6, 6.07) is 14.2. The Kier molecular flexibility index (Phi) is 5.34. The van der Waals surface area contributed by atoms with Crippen molar-refractivity contribution in [3.05, 3.63) is 70.2 Å². The largest absolute Gasteiger partial charge is 0.368 e. The van der Waals surface area contributed by atoms with Crippen LogP contribution >= 0.6 is 11.6 Å². The van der Waals surface area contributed by atoms with Gasteiger partial charge in [0.05, 0.1) is 11.6 Å². The Morgan fingerprint density at radius 1 is 1.13 bits per heavy atom. The smallest absolute Gasteiger partial charge is 0.251 e. The summed E-state index contributed by atoms with van der Waals surface area (Å²) in [6.45, 7) is 0. The van der Waals surface area contributed by atoms with E-state index in [1.54, 1.807) is 24.3 Å². The molecule has 23 heavy (non-hydrogen) atoms. The van der Waals surface area contributed by atoms with Gasteiger partial charge < -0.3 is 11.1 Å². The summed E-state index contributed by atoms with van der Waals surface area (Å²) < 4.78 is 0. The van der Waals surface area contributed by atoms with Crippen LogP contribution < -0.4 is 11.1 Å². The van der Waals surface area contributed by atoms with Gasteiger partial charge in [0.1, 0.15) is 6.04 Å². The van der Waals surface area contributed by atoms with E-state index >= 15 is 0 Å². The first-order valence-electron chi connectivity index (χ1n) is 6.84. The van der Waals surface area contributed by atoms with E-state index in [-0.39, 0.29) is 6.42 Å². The predicted molar refractivity (Wildman–Crippen MR) is 86.8 cm³/mol. The summed E-state index contributed by atoms with van der Waals surface area (Å²) in [5, 5.41) is 11.9. The molecule has 2 aromatic rings. The number of benzene rings is 2. The van der Waals surface area contributed by atoms with Crippen molar-refractivity contribution in [1.82, 2.24) is 5.32 Å². The molecule has 5 nitrogen and oxygen atoms in total. The van der Waals surface area contributed by atoms with Crippen LogP contribution in [0.3, 0.4) is 0 Å². The molecule has 1 atom stereocenters. The maximum Gasteiger partial charge on any atom is 0.251 e. The summed E-state index contributed by atoms with van der Waals surface area (Å²) in [4.78, 5) is 23.8. The molecule has 0 radical (unpaired) electrons. The quantitative estimate of drug-likeness (QED) is 0.879. The Bertz CT molecular complexity index is 749. The van der Waals surface area contributed by atoms with Crippen LogP contribution in [0, 0.1) is 11.3 Å². The molecule has 0 aliphatic heterocycles. The van der Waals surface area contributed by atoms with Crippen molar-refractivity contribution in [2.45, 2.75) is 12.5 Å². The normalized spacial score (nSPS) is 11.3. The molecule has 3 N–H and O–H groups in total. The first-order chi connectivity index (χ1) is 11.0. The van der Waals surface area contributed by atoms with Gasteiger partial charge in [0.25, 0.3) is 5.91 Å². The summed E-state index contributed by atoms with van der Waals surface area (Å²) in [6.07, 6.45) is 0.272. The van der Waals surface area contributed by atoms with E-state index in [0.29, 0.717) is 16.1 Å². The highest BCUT2D eigenvalue weighted by atomic mass is 35.5. The highest BCUT2D eigenvalue weighted by molar-refractivity contribution is 6.30. The molecule has 2 amide bonds. The predicted octanol–water partition coefficient (Wildman–Crippen LogP) is 2.04. The molecule has 116 valence electrons. The minimum absolute atomic E-state index is 0.272. The van der Waals surface area contributed by atoms with Gasteiger partial charge in [-0.15, -0.1) is 0 Å². The van der Waals surface area contributed by atoms with Crippen LogP contribution in [0.15, 0.2) is 48.5 Å². The third-order valence-corrected chi connectivity index (χ3v) is 3.53. The number of halogens is 1.